The van der Waals surface area contributed by atoms with E-state index in [1.54, 1.807) is 0 Å². The first-order valence-corrected chi connectivity index (χ1v) is 5.88. The molecule has 1 aromatic heterocycles. The molecule has 0 aliphatic carbocycles. The largest absolute Gasteiger partial charge is 0.454 e. The second-order valence-corrected chi connectivity index (χ2v) is 4.29. The van der Waals surface area contributed by atoms with Gasteiger partial charge >= 0.3 is 0 Å². The van der Waals surface area contributed by atoms with Crippen LogP contribution in [-0.2, 0) is 0 Å². The first-order valence-electron chi connectivity index (χ1n) is 5.88. The summed E-state index contributed by atoms with van der Waals surface area (Å²) in [6.45, 7) is 0.313. The topological polar surface area (TPSA) is 23.4 Å². The van der Waals surface area contributed by atoms with Gasteiger partial charge in [-0.05, 0) is 24.3 Å². The molecule has 3 heteroatoms. The lowest BCUT2D eigenvalue weighted by atomic mass is 10.2. The fourth-order valence-electron chi connectivity index (χ4n) is 2.34. The number of hydrogen-bond donors (Lipinski definition) is 0. The Morgan fingerprint density at radius 3 is 2.50 bits per heavy atom. The molecular weight excluding hydrogens is 226 g/mol. The summed E-state index contributed by atoms with van der Waals surface area (Å²) in [5.74, 6) is 1.65. The first-order chi connectivity index (χ1) is 8.92. The third kappa shape index (κ3) is 1.31. The standard InChI is InChI=1S/C15H11NO2/c1-2-4-12(5-3-1)16-7-6-11-8-14-15(9-13(11)16)18-10-17-14/h1-9H,10H2. The van der Waals surface area contributed by atoms with E-state index in [-0.39, 0.29) is 0 Å². The molecule has 0 bridgehead atoms. The summed E-state index contributed by atoms with van der Waals surface area (Å²) >= 11 is 0. The van der Waals surface area contributed by atoms with Gasteiger partial charge in [0.2, 0.25) is 6.79 Å². The van der Waals surface area contributed by atoms with Crippen LogP contribution in [0.5, 0.6) is 11.5 Å². The van der Waals surface area contributed by atoms with E-state index in [1.165, 1.54) is 0 Å². The molecule has 1 aliphatic rings. The molecular formula is C15H11NO2. The highest BCUT2D eigenvalue weighted by atomic mass is 16.7. The lowest BCUT2D eigenvalue weighted by molar-refractivity contribution is 0.174. The fraction of sp³-hybridized carbons (Fsp3) is 0.0667. The monoisotopic (exact) mass is 237 g/mol. The molecule has 0 N–H and O–H groups in total. The first kappa shape index (κ1) is 9.59. The van der Waals surface area contributed by atoms with E-state index < -0.39 is 0 Å². The van der Waals surface area contributed by atoms with Crippen LogP contribution in [-0.4, -0.2) is 11.4 Å². The zero-order chi connectivity index (χ0) is 11.9. The number of ether oxygens (including phenoxy) is 2. The van der Waals surface area contributed by atoms with Crippen molar-refractivity contribution in [3.63, 3.8) is 0 Å². The molecule has 0 atom stereocenters. The predicted octanol–water partition coefficient (Wildman–Crippen LogP) is 3.36. The summed E-state index contributed by atoms with van der Waals surface area (Å²) in [6.07, 6.45) is 2.06. The number of fused-ring (bicyclic) bond motifs is 2. The lowest BCUT2D eigenvalue weighted by Crippen LogP contribution is -1.93. The number of aromatic nitrogens is 1. The summed E-state index contributed by atoms with van der Waals surface area (Å²) in [4.78, 5) is 0. The van der Waals surface area contributed by atoms with Crippen LogP contribution < -0.4 is 9.47 Å². The van der Waals surface area contributed by atoms with Gasteiger partial charge in [0.25, 0.3) is 0 Å². The molecule has 4 rings (SSSR count). The quantitative estimate of drug-likeness (QED) is 0.648. The zero-order valence-corrected chi connectivity index (χ0v) is 9.67. The van der Waals surface area contributed by atoms with Gasteiger partial charge in [-0.1, -0.05) is 18.2 Å². The maximum Gasteiger partial charge on any atom is 0.231 e. The molecule has 0 saturated carbocycles. The maximum absolute atomic E-state index is 5.43. The third-order valence-corrected chi connectivity index (χ3v) is 3.22. The Morgan fingerprint density at radius 1 is 0.889 bits per heavy atom. The van der Waals surface area contributed by atoms with Gasteiger partial charge in [-0.3, -0.25) is 0 Å². The number of para-hydroxylation sites is 1. The molecule has 2 aromatic carbocycles. The van der Waals surface area contributed by atoms with Crippen molar-refractivity contribution in [1.82, 2.24) is 4.57 Å². The minimum absolute atomic E-state index is 0.313. The molecule has 1 aliphatic heterocycles. The zero-order valence-electron chi connectivity index (χ0n) is 9.67. The number of hydrogen-bond acceptors (Lipinski definition) is 2. The average Bonchev–Trinajstić information content (AvgIpc) is 3.02. The van der Waals surface area contributed by atoms with E-state index in [1.807, 2.05) is 30.3 Å². The van der Waals surface area contributed by atoms with Gasteiger partial charge in [0.05, 0.1) is 5.52 Å². The van der Waals surface area contributed by atoms with E-state index in [9.17, 15) is 0 Å². The number of rotatable bonds is 1. The molecule has 88 valence electrons. The van der Waals surface area contributed by atoms with Gasteiger partial charge in [0, 0.05) is 23.3 Å². The lowest BCUT2D eigenvalue weighted by Gasteiger charge is -2.05. The van der Waals surface area contributed by atoms with E-state index in [0.717, 1.165) is 28.1 Å². The van der Waals surface area contributed by atoms with E-state index in [2.05, 4.69) is 29.0 Å². The van der Waals surface area contributed by atoms with Crippen LogP contribution >= 0.6 is 0 Å². The van der Waals surface area contributed by atoms with Crippen molar-refractivity contribution in [2.24, 2.45) is 0 Å². The molecule has 2 heterocycles. The predicted molar refractivity (Wildman–Crippen MR) is 69.4 cm³/mol. The SMILES string of the molecule is c1ccc(-n2ccc3cc4c(cc32)OCO4)cc1. The van der Waals surface area contributed by atoms with Crippen molar-refractivity contribution in [2.45, 2.75) is 0 Å². The van der Waals surface area contributed by atoms with Gasteiger partial charge in [0.15, 0.2) is 11.5 Å². The Hall–Kier alpha value is -2.42. The molecule has 18 heavy (non-hydrogen) atoms. The second kappa shape index (κ2) is 3.53. The fourth-order valence-corrected chi connectivity index (χ4v) is 2.34. The molecule has 0 unspecified atom stereocenters. The molecule has 0 saturated heterocycles. The molecule has 3 aromatic rings. The maximum atomic E-state index is 5.43. The summed E-state index contributed by atoms with van der Waals surface area (Å²) in [6, 6.07) is 16.4. The van der Waals surface area contributed by atoms with Crippen LogP contribution in [0.15, 0.2) is 54.7 Å². The van der Waals surface area contributed by atoms with Crippen LogP contribution in [0, 0.1) is 0 Å². The van der Waals surface area contributed by atoms with Gasteiger partial charge in [-0.25, -0.2) is 0 Å². The minimum Gasteiger partial charge on any atom is -0.454 e. The Bertz CT molecular complexity index is 716. The summed E-state index contributed by atoms with van der Waals surface area (Å²) in [7, 11) is 0. The van der Waals surface area contributed by atoms with Crippen molar-refractivity contribution in [3.05, 3.63) is 54.7 Å². The van der Waals surface area contributed by atoms with Gasteiger partial charge < -0.3 is 14.0 Å². The Morgan fingerprint density at radius 2 is 1.67 bits per heavy atom. The van der Waals surface area contributed by atoms with Gasteiger partial charge in [0.1, 0.15) is 0 Å². The van der Waals surface area contributed by atoms with Gasteiger partial charge in [-0.15, -0.1) is 0 Å². The third-order valence-electron chi connectivity index (χ3n) is 3.22. The molecule has 3 nitrogen and oxygen atoms in total. The van der Waals surface area contributed by atoms with Crippen molar-refractivity contribution < 1.29 is 9.47 Å². The van der Waals surface area contributed by atoms with Crippen LogP contribution in [0.1, 0.15) is 0 Å². The highest BCUT2D eigenvalue weighted by Gasteiger charge is 2.15. The Labute approximate surface area is 104 Å². The van der Waals surface area contributed by atoms with Crippen LogP contribution in [0.3, 0.4) is 0 Å². The Balaban J connectivity index is 1.98. The molecule has 0 spiro atoms. The summed E-state index contributed by atoms with van der Waals surface area (Å²) in [5, 5.41) is 1.16. The normalized spacial score (nSPS) is 13.1. The smallest absolute Gasteiger partial charge is 0.231 e. The number of nitrogens with zero attached hydrogens (tertiary/aromatic N) is 1. The van der Waals surface area contributed by atoms with Gasteiger partial charge in [-0.2, -0.15) is 0 Å². The minimum atomic E-state index is 0.313. The molecule has 0 radical (unpaired) electrons. The van der Waals surface area contributed by atoms with Crippen molar-refractivity contribution in [2.75, 3.05) is 6.79 Å². The van der Waals surface area contributed by atoms with Crippen LogP contribution in [0.2, 0.25) is 0 Å². The molecule has 0 fully saturated rings. The van der Waals surface area contributed by atoms with Crippen LogP contribution in [0.25, 0.3) is 16.6 Å². The second-order valence-electron chi connectivity index (χ2n) is 4.29. The van der Waals surface area contributed by atoms with E-state index >= 15 is 0 Å². The van der Waals surface area contributed by atoms with Crippen molar-refractivity contribution in [3.8, 4) is 17.2 Å². The van der Waals surface area contributed by atoms with Crippen molar-refractivity contribution in [1.29, 1.82) is 0 Å². The van der Waals surface area contributed by atoms with E-state index in [4.69, 9.17) is 9.47 Å². The average molecular weight is 237 g/mol. The summed E-state index contributed by atoms with van der Waals surface area (Å²) in [5.41, 5.74) is 2.27. The molecule has 0 amide bonds. The highest BCUT2D eigenvalue weighted by Crippen LogP contribution is 2.37. The Kier molecular flexibility index (Phi) is 1.88. The summed E-state index contributed by atoms with van der Waals surface area (Å²) < 4.78 is 13.0. The highest BCUT2D eigenvalue weighted by molar-refractivity contribution is 5.85. The number of benzene rings is 2. The van der Waals surface area contributed by atoms with Crippen molar-refractivity contribution >= 4 is 10.9 Å². The van der Waals surface area contributed by atoms with E-state index in [0.29, 0.717) is 6.79 Å². The van der Waals surface area contributed by atoms with Crippen LogP contribution in [0.4, 0.5) is 0 Å².